The molecule has 150 valence electrons. The summed E-state index contributed by atoms with van der Waals surface area (Å²) >= 11 is 0. The molecule has 0 saturated carbocycles. The van der Waals surface area contributed by atoms with E-state index in [4.69, 9.17) is 0 Å². The number of nitrogens with one attached hydrogen (secondary N) is 1. The molecule has 2 atom stereocenters. The highest BCUT2D eigenvalue weighted by atomic mass is 32.2. The van der Waals surface area contributed by atoms with Crippen LogP contribution in [0.1, 0.15) is 35.7 Å². The van der Waals surface area contributed by atoms with E-state index < -0.39 is 16.1 Å². The first kappa shape index (κ1) is 20.5. The Morgan fingerprint density at radius 2 is 1.96 bits per heavy atom. The van der Waals surface area contributed by atoms with Gasteiger partial charge < -0.3 is 10.4 Å². The van der Waals surface area contributed by atoms with E-state index in [2.05, 4.69) is 5.32 Å². The van der Waals surface area contributed by atoms with Gasteiger partial charge in [-0.15, -0.1) is 0 Å². The number of benzene rings is 2. The summed E-state index contributed by atoms with van der Waals surface area (Å²) in [5.74, 6) is -0.431. The lowest BCUT2D eigenvalue weighted by Crippen LogP contribution is -2.45. The zero-order valence-corrected chi connectivity index (χ0v) is 16.9. The van der Waals surface area contributed by atoms with Crippen molar-refractivity contribution in [3.8, 4) is 0 Å². The number of aryl methyl sites for hydroxylation is 1. The van der Waals surface area contributed by atoms with Gasteiger partial charge in [0.2, 0.25) is 10.0 Å². The molecule has 3 rings (SSSR count). The van der Waals surface area contributed by atoms with E-state index in [0.29, 0.717) is 25.1 Å². The highest BCUT2D eigenvalue weighted by Gasteiger charge is 2.34. The monoisotopic (exact) mass is 402 g/mol. The minimum absolute atomic E-state index is 0.0728. The fraction of sp³-hybridized carbons (Fsp3) is 0.381. The largest absolute Gasteiger partial charge is 0.393 e. The Hall–Kier alpha value is -2.22. The summed E-state index contributed by atoms with van der Waals surface area (Å²) < 4.78 is 27.5. The molecule has 1 amide bonds. The second-order valence-corrected chi connectivity index (χ2v) is 9.18. The maximum absolute atomic E-state index is 13.0. The van der Waals surface area contributed by atoms with Crippen molar-refractivity contribution in [3.05, 3.63) is 59.7 Å². The average Bonchev–Trinajstić information content (AvgIpc) is 2.68. The molecule has 1 saturated heterocycles. The number of sulfonamides is 1. The summed E-state index contributed by atoms with van der Waals surface area (Å²) in [7, 11) is -3.72. The van der Waals surface area contributed by atoms with Crippen molar-refractivity contribution in [1.82, 2.24) is 4.31 Å². The minimum Gasteiger partial charge on any atom is -0.393 e. The standard InChI is InChI=1S/C21H26N2O4S/c1-3-16-14-23(11-10-20(16)24)28(26,27)19-9-5-7-17(13-19)21(25)22-18-8-4-6-15(2)12-18/h4-9,12-13,16,20,24H,3,10-11,14H2,1-2H3,(H,22,25). The van der Waals surface area contributed by atoms with Gasteiger partial charge in [-0.25, -0.2) is 8.42 Å². The summed E-state index contributed by atoms with van der Waals surface area (Å²) in [6.07, 6.45) is 0.667. The molecule has 1 aliphatic rings. The van der Waals surface area contributed by atoms with Gasteiger partial charge in [-0.1, -0.05) is 25.1 Å². The molecule has 28 heavy (non-hydrogen) atoms. The Balaban J connectivity index is 1.81. The molecule has 0 aromatic heterocycles. The summed E-state index contributed by atoms with van der Waals surface area (Å²) in [6, 6.07) is 13.5. The number of carbonyl (C=O) groups is 1. The van der Waals surface area contributed by atoms with Gasteiger partial charge in [-0.05, 0) is 61.6 Å². The molecule has 1 fully saturated rings. The molecule has 0 spiro atoms. The lowest BCUT2D eigenvalue weighted by molar-refractivity contribution is 0.0521. The Morgan fingerprint density at radius 3 is 2.68 bits per heavy atom. The summed E-state index contributed by atoms with van der Waals surface area (Å²) in [5.41, 5.74) is 1.97. The number of carbonyl (C=O) groups excluding carboxylic acids is 1. The highest BCUT2D eigenvalue weighted by Crippen LogP contribution is 2.26. The predicted octanol–water partition coefficient (Wildman–Crippen LogP) is 3.03. The van der Waals surface area contributed by atoms with E-state index in [1.165, 1.54) is 16.4 Å². The van der Waals surface area contributed by atoms with Crippen molar-refractivity contribution in [2.75, 3.05) is 18.4 Å². The molecule has 2 aromatic carbocycles. The number of anilines is 1. The number of nitrogens with zero attached hydrogens (tertiary/aromatic N) is 1. The molecule has 1 aliphatic heterocycles. The summed E-state index contributed by atoms with van der Waals surface area (Å²) in [4.78, 5) is 12.7. The summed E-state index contributed by atoms with van der Waals surface area (Å²) in [6.45, 7) is 4.45. The van der Waals surface area contributed by atoms with Crippen LogP contribution in [0.2, 0.25) is 0 Å². The van der Waals surface area contributed by atoms with Crippen LogP contribution < -0.4 is 5.32 Å². The minimum atomic E-state index is -3.72. The third kappa shape index (κ3) is 4.43. The van der Waals surface area contributed by atoms with Gasteiger partial charge in [0.15, 0.2) is 0 Å². The Kier molecular flexibility index (Phi) is 6.17. The fourth-order valence-electron chi connectivity index (χ4n) is 3.48. The van der Waals surface area contributed by atoms with Gasteiger partial charge in [0.1, 0.15) is 0 Å². The van der Waals surface area contributed by atoms with Crippen LogP contribution in [-0.4, -0.2) is 42.9 Å². The molecule has 0 radical (unpaired) electrons. The number of piperidine rings is 1. The van der Waals surface area contributed by atoms with Crippen molar-refractivity contribution in [3.63, 3.8) is 0 Å². The topological polar surface area (TPSA) is 86.7 Å². The van der Waals surface area contributed by atoms with Crippen LogP contribution in [0.4, 0.5) is 5.69 Å². The highest BCUT2D eigenvalue weighted by molar-refractivity contribution is 7.89. The Morgan fingerprint density at radius 1 is 1.21 bits per heavy atom. The number of hydrogen-bond acceptors (Lipinski definition) is 4. The zero-order chi connectivity index (χ0) is 20.3. The van der Waals surface area contributed by atoms with Crippen LogP contribution in [0.15, 0.2) is 53.4 Å². The number of hydrogen-bond donors (Lipinski definition) is 2. The van der Waals surface area contributed by atoms with Gasteiger partial charge in [0, 0.05) is 24.3 Å². The van der Waals surface area contributed by atoms with E-state index in [9.17, 15) is 18.3 Å². The number of aliphatic hydroxyl groups excluding tert-OH is 1. The smallest absolute Gasteiger partial charge is 0.255 e. The molecule has 7 heteroatoms. The van der Waals surface area contributed by atoms with Crippen molar-refractivity contribution in [1.29, 1.82) is 0 Å². The molecule has 2 aromatic rings. The lowest BCUT2D eigenvalue weighted by Gasteiger charge is -2.34. The first-order valence-corrected chi connectivity index (χ1v) is 10.9. The van der Waals surface area contributed by atoms with Gasteiger partial charge in [-0.2, -0.15) is 4.31 Å². The van der Waals surface area contributed by atoms with Crippen molar-refractivity contribution < 1.29 is 18.3 Å². The average molecular weight is 403 g/mol. The third-order valence-electron chi connectivity index (χ3n) is 5.19. The van der Waals surface area contributed by atoms with Gasteiger partial charge in [-0.3, -0.25) is 4.79 Å². The fourth-order valence-corrected chi connectivity index (χ4v) is 5.04. The lowest BCUT2D eigenvalue weighted by atomic mass is 9.94. The molecule has 2 N–H and O–H groups in total. The molecular formula is C21H26N2O4S. The molecule has 6 nitrogen and oxygen atoms in total. The van der Waals surface area contributed by atoms with Gasteiger partial charge in [0.25, 0.3) is 5.91 Å². The van der Waals surface area contributed by atoms with Crippen molar-refractivity contribution in [2.45, 2.75) is 37.7 Å². The number of amides is 1. The predicted molar refractivity (Wildman–Crippen MR) is 109 cm³/mol. The van der Waals surface area contributed by atoms with Gasteiger partial charge in [0.05, 0.1) is 11.0 Å². The number of rotatable bonds is 5. The second kappa shape index (κ2) is 8.43. The van der Waals surface area contributed by atoms with Crippen molar-refractivity contribution in [2.24, 2.45) is 5.92 Å². The van der Waals surface area contributed by atoms with Crippen molar-refractivity contribution >= 4 is 21.6 Å². The van der Waals surface area contributed by atoms with E-state index in [1.807, 2.05) is 32.0 Å². The van der Waals surface area contributed by atoms with Gasteiger partial charge >= 0.3 is 0 Å². The first-order chi connectivity index (χ1) is 13.3. The number of aliphatic hydroxyl groups is 1. The van der Waals surface area contributed by atoms with Crippen LogP contribution in [0.3, 0.4) is 0 Å². The quantitative estimate of drug-likeness (QED) is 0.805. The summed E-state index contributed by atoms with van der Waals surface area (Å²) in [5, 5.41) is 12.8. The third-order valence-corrected chi connectivity index (χ3v) is 7.05. The van der Waals surface area contributed by atoms with Crippen LogP contribution in [0.5, 0.6) is 0 Å². The molecule has 0 bridgehead atoms. The molecule has 2 unspecified atom stereocenters. The van der Waals surface area contributed by atoms with Crippen LogP contribution in [0, 0.1) is 12.8 Å². The maximum atomic E-state index is 13.0. The first-order valence-electron chi connectivity index (χ1n) is 9.47. The molecule has 1 heterocycles. The van der Waals surface area contributed by atoms with Crippen LogP contribution in [0.25, 0.3) is 0 Å². The van der Waals surface area contributed by atoms with E-state index in [1.54, 1.807) is 18.2 Å². The normalized spacial score (nSPS) is 20.7. The van der Waals surface area contributed by atoms with E-state index >= 15 is 0 Å². The molecular weight excluding hydrogens is 376 g/mol. The van der Waals surface area contributed by atoms with E-state index in [0.717, 1.165) is 5.56 Å². The van der Waals surface area contributed by atoms with E-state index in [-0.39, 0.29) is 28.8 Å². The van der Waals surface area contributed by atoms with Crippen LogP contribution in [-0.2, 0) is 10.0 Å². The Labute approximate surface area is 166 Å². The SMILES string of the molecule is CCC1CN(S(=O)(=O)c2cccc(C(=O)Nc3cccc(C)c3)c2)CCC1O. The Bertz CT molecular complexity index is 958. The van der Waals surface area contributed by atoms with Crippen LogP contribution >= 0.6 is 0 Å². The zero-order valence-electron chi connectivity index (χ0n) is 16.1. The maximum Gasteiger partial charge on any atom is 0.255 e. The molecule has 0 aliphatic carbocycles. The second-order valence-electron chi connectivity index (χ2n) is 7.24.